The number of rotatable bonds is 5. The Morgan fingerprint density at radius 1 is 1.11 bits per heavy atom. The van der Waals surface area contributed by atoms with E-state index in [1.165, 1.54) is 0 Å². The van der Waals surface area contributed by atoms with Gasteiger partial charge in [-0.3, -0.25) is 0 Å². The van der Waals surface area contributed by atoms with E-state index < -0.39 is 42.4 Å². The predicted molar refractivity (Wildman–Crippen MR) is 86.5 cm³/mol. The molecule has 0 aromatic heterocycles. The van der Waals surface area contributed by atoms with Crippen LogP contribution in [0.3, 0.4) is 0 Å². The molecule has 0 aliphatic carbocycles. The molecular weight excluding hydrogens is 369 g/mol. The molecule has 1 aliphatic heterocycles. The number of amides is 2. The number of carbonyl (C=O) groups is 3. The van der Waals surface area contributed by atoms with Crippen LogP contribution in [0.1, 0.15) is 29.8 Å². The molecule has 1 aromatic rings. The molecule has 1 aromatic carbocycles. The molecule has 0 unspecified atom stereocenters. The van der Waals surface area contributed by atoms with E-state index in [-0.39, 0.29) is 23.4 Å². The van der Waals surface area contributed by atoms with Crippen molar-refractivity contribution in [1.82, 2.24) is 10.6 Å². The molecule has 2 rings (SSSR count). The molecule has 0 spiro atoms. The second kappa shape index (κ2) is 8.11. The number of esters is 2. The monoisotopic (exact) mass is 386 g/mol. The summed E-state index contributed by atoms with van der Waals surface area (Å²) in [5, 5.41) is 4.86. The van der Waals surface area contributed by atoms with Crippen molar-refractivity contribution in [2.45, 2.75) is 26.1 Å². The topological polar surface area (TPSA) is 93.7 Å². The van der Waals surface area contributed by atoms with E-state index in [0.29, 0.717) is 0 Å². The number of urea groups is 1. The Morgan fingerprint density at radius 3 is 2.30 bits per heavy atom. The third-order valence-corrected chi connectivity index (χ3v) is 3.66. The van der Waals surface area contributed by atoms with Crippen LogP contribution in [-0.2, 0) is 20.4 Å². The minimum absolute atomic E-state index is 0.0463. The number of carbonyl (C=O) groups excluding carboxylic acids is 3. The zero-order chi connectivity index (χ0) is 20.2. The van der Waals surface area contributed by atoms with Crippen molar-refractivity contribution in [1.29, 1.82) is 0 Å². The van der Waals surface area contributed by atoms with Gasteiger partial charge >= 0.3 is 24.1 Å². The lowest BCUT2D eigenvalue weighted by Crippen LogP contribution is -2.50. The Bertz CT molecular complexity index is 772. The summed E-state index contributed by atoms with van der Waals surface area (Å²) in [6.45, 7) is 2.83. The molecule has 2 amide bonds. The highest BCUT2D eigenvalue weighted by atomic mass is 19.4. The van der Waals surface area contributed by atoms with Gasteiger partial charge in [0, 0.05) is 0 Å². The van der Waals surface area contributed by atoms with E-state index in [9.17, 15) is 27.6 Å². The van der Waals surface area contributed by atoms with Crippen molar-refractivity contribution in [2.75, 3.05) is 13.2 Å². The minimum atomic E-state index is -4.52. The van der Waals surface area contributed by atoms with Gasteiger partial charge in [0.15, 0.2) is 0 Å². The molecule has 7 nitrogen and oxygen atoms in total. The Hall–Kier alpha value is -3.04. The summed E-state index contributed by atoms with van der Waals surface area (Å²) < 4.78 is 47.6. The Morgan fingerprint density at radius 2 is 1.74 bits per heavy atom. The first-order valence-electron chi connectivity index (χ1n) is 7.95. The first kappa shape index (κ1) is 20.3. The average Bonchev–Trinajstić information content (AvgIpc) is 2.58. The summed E-state index contributed by atoms with van der Waals surface area (Å²) in [7, 11) is 0. The van der Waals surface area contributed by atoms with Crippen LogP contribution in [0.4, 0.5) is 18.0 Å². The molecule has 0 bridgehead atoms. The third-order valence-electron chi connectivity index (χ3n) is 3.66. The van der Waals surface area contributed by atoms with Crippen LogP contribution < -0.4 is 10.6 Å². The summed E-state index contributed by atoms with van der Waals surface area (Å²) in [5.41, 5.74) is -0.859. The maximum Gasteiger partial charge on any atom is 0.416 e. The Kier molecular flexibility index (Phi) is 6.09. The minimum Gasteiger partial charge on any atom is -0.463 e. The number of nitrogens with one attached hydrogen (secondary N) is 2. The van der Waals surface area contributed by atoms with E-state index in [1.54, 1.807) is 13.8 Å². The molecule has 2 N–H and O–H groups in total. The molecule has 0 fully saturated rings. The van der Waals surface area contributed by atoms with E-state index in [2.05, 4.69) is 10.6 Å². The van der Waals surface area contributed by atoms with Gasteiger partial charge in [-0.25, -0.2) is 14.4 Å². The lowest BCUT2D eigenvalue weighted by Gasteiger charge is -2.26. The highest BCUT2D eigenvalue weighted by Crippen LogP contribution is 2.29. The normalized spacial score (nSPS) is 17.1. The second-order valence-electron chi connectivity index (χ2n) is 5.58. The van der Waals surface area contributed by atoms with Crippen LogP contribution in [-0.4, -0.2) is 37.2 Å². The van der Waals surface area contributed by atoms with Gasteiger partial charge in [0.1, 0.15) is 6.61 Å². The van der Waals surface area contributed by atoms with Gasteiger partial charge in [-0.15, -0.1) is 0 Å². The number of halogens is 3. The number of alkyl halides is 3. The lowest BCUT2D eigenvalue weighted by molar-refractivity contribution is -0.139. The van der Waals surface area contributed by atoms with Gasteiger partial charge in [0.05, 0.1) is 35.0 Å². The number of hydrogen-bond acceptors (Lipinski definition) is 5. The van der Waals surface area contributed by atoms with Crippen molar-refractivity contribution in [2.24, 2.45) is 0 Å². The van der Waals surface area contributed by atoms with E-state index in [4.69, 9.17) is 9.47 Å². The number of hydrogen-bond donors (Lipinski definition) is 2. The van der Waals surface area contributed by atoms with Crippen LogP contribution in [0, 0.1) is 0 Å². The standard InChI is InChI=1S/C17H17F3N2O5/c1-3-26-15(24)13-9(2)21-16(25)22-12(13)8-27-14(23)10-4-6-11(7-5-10)17(18,19)20/h4-7,9H,3,8H2,1-2H3,(H2,21,22,25)/t9-/m1/s1. The molecule has 0 radical (unpaired) electrons. The van der Waals surface area contributed by atoms with E-state index >= 15 is 0 Å². The van der Waals surface area contributed by atoms with Gasteiger partial charge in [-0.2, -0.15) is 13.2 Å². The summed E-state index contributed by atoms with van der Waals surface area (Å²) in [4.78, 5) is 35.7. The van der Waals surface area contributed by atoms with Crippen LogP contribution in [0.5, 0.6) is 0 Å². The average molecular weight is 386 g/mol. The van der Waals surface area contributed by atoms with Crippen molar-refractivity contribution in [3.8, 4) is 0 Å². The van der Waals surface area contributed by atoms with Gasteiger partial charge in [-0.05, 0) is 38.1 Å². The molecule has 0 saturated carbocycles. The highest BCUT2D eigenvalue weighted by Gasteiger charge is 2.31. The summed E-state index contributed by atoms with van der Waals surface area (Å²) in [5.74, 6) is -1.59. The number of benzene rings is 1. The van der Waals surface area contributed by atoms with Crippen LogP contribution >= 0.6 is 0 Å². The molecule has 146 valence electrons. The summed E-state index contributed by atoms with van der Waals surface area (Å²) >= 11 is 0. The zero-order valence-corrected chi connectivity index (χ0v) is 14.5. The molecule has 1 atom stereocenters. The molecule has 0 saturated heterocycles. The fourth-order valence-electron chi connectivity index (χ4n) is 2.41. The third kappa shape index (κ3) is 4.99. The highest BCUT2D eigenvalue weighted by molar-refractivity contribution is 5.95. The summed E-state index contributed by atoms with van der Waals surface area (Å²) in [6.07, 6.45) is -4.52. The van der Waals surface area contributed by atoms with Crippen molar-refractivity contribution >= 4 is 18.0 Å². The first-order valence-corrected chi connectivity index (χ1v) is 7.95. The smallest absolute Gasteiger partial charge is 0.416 e. The fraction of sp³-hybridized carbons (Fsp3) is 0.353. The molecule has 10 heteroatoms. The second-order valence-corrected chi connectivity index (χ2v) is 5.58. The largest absolute Gasteiger partial charge is 0.463 e. The van der Waals surface area contributed by atoms with Crippen molar-refractivity contribution in [3.63, 3.8) is 0 Å². The Balaban J connectivity index is 2.14. The van der Waals surface area contributed by atoms with Gasteiger partial charge in [0.2, 0.25) is 0 Å². The Labute approximate surface area is 152 Å². The SMILES string of the molecule is CCOC(=O)C1=C(COC(=O)c2ccc(C(F)(F)F)cc2)NC(=O)N[C@@H]1C. The molecule has 1 heterocycles. The molecule has 1 aliphatic rings. The van der Waals surface area contributed by atoms with Crippen LogP contribution in [0.2, 0.25) is 0 Å². The maximum absolute atomic E-state index is 12.6. The first-order chi connectivity index (χ1) is 12.6. The van der Waals surface area contributed by atoms with Crippen LogP contribution in [0.15, 0.2) is 35.5 Å². The predicted octanol–water partition coefficient (Wildman–Crippen LogP) is 2.38. The molecule has 27 heavy (non-hydrogen) atoms. The summed E-state index contributed by atoms with van der Waals surface area (Å²) in [6, 6.07) is 2.22. The lowest BCUT2D eigenvalue weighted by atomic mass is 10.0. The van der Waals surface area contributed by atoms with Gasteiger partial charge in [0.25, 0.3) is 0 Å². The molecular formula is C17H17F3N2O5. The van der Waals surface area contributed by atoms with E-state index in [0.717, 1.165) is 24.3 Å². The van der Waals surface area contributed by atoms with Crippen LogP contribution in [0.25, 0.3) is 0 Å². The number of ether oxygens (including phenoxy) is 2. The quantitative estimate of drug-likeness (QED) is 0.758. The zero-order valence-electron chi connectivity index (χ0n) is 14.5. The van der Waals surface area contributed by atoms with E-state index in [1.807, 2.05) is 0 Å². The maximum atomic E-state index is 12.6. The van der Waals surface area contributed by atoms with Gasteiger partial charge in [-0.1, -0.05) is 0 Å². The fourth-order valence-corrected chi connectivity index (χ4v) is 2.41. The van der Waals surface area contributed by atoms with Gasteiger partial charge < -0.3 is 20.1 Å². The van der Waals surface area contributed by atoms with Crippen molar-refractivity contribution < 1.29 is 37.0 Å². The van der Waals surface area contributed by atoms with Crippen molar-refractivity contribution in [3.05, 3.63) is 46.7 Å².